The molecule has 2 heterocycles. The van der Waals surface area contributed by atoms with Crippen molar-refractivity contribution in [2.75, 3.05) is 0 Å². The third kappa shape index (κ3) is 4.16. The Morgan fingerprint density at radius 2 is 2.19 bits per heavy atom. The largest absolute Gasteiger partial charge is 0.478 e. The van der Waals surface area contributed by atoms with E-state index in [0.717, 1.165) is 5.69 Å². The lowest BCUT2D eigenvalue weighted by atomic mass is 10.3. The van der Waals surface area contributed by atoms with Gasteiger partial charge in [0, 0.05) is 18.4 Å². The number of aromatic carboxylic acids is 1. The molecule has 2 rings (SSSR count). The first-order valence-electron chi connectivity index (χ1n) is 6.49. The molecule has 0 saturated heterocycles. The molecule has 0 aliphatic heterocycles. The molecule has 0 fully saturated rings. The molecule has 0 aliphatic rings. The van der Waals surface area contributed by atoms with Gasteiger partial charge in [0.15, 0.2) is 0 Å². The molecule has 8 nitrogen and oxygen atoms in total. The summed E-state index contributed by atoms with van der Waals surface area (Å²) < 4.78 is 3.06. The van der Waals surface area contributed by atoms with Crippen LogP contribution in [0.15, 0.2) is 24.7 Å². The Kier molecular flexibility index (Phi) is 4.36. The van der Waals surface area contributed by atoms with E-state index in [-0.39, 0.29) is 24.1 Å². The molecular weight excluding hydrogens is 274 g/mol. The lowest BCUT2D eigenvalue weighted by molar-refractivity contribution is -0.122. The van der Waals surface area contributed by atoms with Gasteiger partial charge in [-0.15, -0.1) is 0 Å². The second-order valence-corrected chi connectivity index (χ2v) is 4.88. The molecule has 1 unspecified atom stereocenters. The Morgan fingerprint density at radius 3 is 2.76 bits per heavy atom. The number of aryl methyl sites for hydroxylation is 1. The number of hydrogen-bond acceptors (Lipinski definition) is 4. The smallest absolute Gasteiger partial charge is 0.338 e. The Bertz CT molecular complexity index is 646. The molecule has 0 aliphatic carbocycles. The van der Waals surface area contributed by atoms with E-state index < -0.39 is 5.97 Å². The fraction of sp³-hybridized carbons (Fsp3) is 0.385. The van der Waals surface area contributed by atoms with E-state index in [4.69, 9.17) is 5.11 Å². The highest BCUT2D eigenvalue weighted by Crippen LogP contribution is 1.98. The van der Waals surface area contributed by atoms with Gasteiger partial charge in [-0.3, -0.25) is 14.2 Å². The molecule has 8 heteroatoms. The number of aromatic nitrogens is 4. The van der Waals surface area contributed by atoms with E-state index >= 15 is 0 Å². The standard InChI is InChI=1S/C13H17N5O3/c1-9-3-4-17(16-9)6-10(2)15-12(19)8-18-7-11(5-14-18)13(20)21/h3-5,7,10H,6,8H2,1-2H3,(H,15,19)(H,20,21). The maximum absolute atomic E-state index is 11.8. The van der Waals surface area contributed by atoms with Crippen LogP contribution >= 0.6 is 0 Å². The van der Waals surface area contributed by atoms with Gasteiger partial charge in [0.05, 0.1) is 24.0 Å². The minimum atomic E-state index is -1.07. The van der Waals surface area contributed by atoms with Crippen LogP contribution in [0.5, 0.6) is 0 Å². The van der Waals surface area contributed by atoms with Crippen LogP contribution in [0.4, 0.5) is 0 Å². The van der Waals surface area contributed by atoms with Crippen molar-refractivity contribution in [2.45, 2.75) is 33.0 Å². The summed E-state index contributed by atoms with van der Waals surface area (Å²) in [5, 5.41) is 19.7. The number of rotatable bonds is 6. The average Bonchev–Trinajstić information content (AvgIpc) is 2.98. The minimum absolute atomic E-state index is 0.0181. The molecular formula is C13H17N5O3. The predicted octanol–water partition coefficient (Wildman–Crippen LogP) is 0.291. The molecule has 0 aromatic carbocycles. The van der Waals surface area contributed by atoms with E-state index in [1.54, 1.807) is 4.68 Å². The number of carboxylic acids is 1. The SMILES string of the molecule is Cc1ccn(CC(C)NC(=O)Cn2cc(C(=O)O)cn2)n1. The van der Waals surface area contributed by atoms with Gasteiger partial charge in [0.2, 0.25) is 5.91 Å². The molecule has 21 heavy (non-hydrogen) atoms. The van der Waals surface area contributed by atoms with Gasteiger partial charge in [0.25, 0.3) is 0 Å². The number of carbonyl (C=O) groups excluding carboxylic acids is 1. The number of nitrogens with zero attached hydrogens (tertiary/aromatic N) is 4. The first kappa shape index (κ1) is 14.8. The van der Waals surface area contributed by atoms with Gasteiger partial charge in [-0.05, 0) is 19.9 Å². The van der Waals surface area contributed by atoms with Crippen molar-refractivity contribution in [1.29, 1.82) is 0 Å². The van der Waals surface area contributed by atoms with Gasteiger partial charge in [-0.1, -0.05) is 0 Å². The van der Waals surface area contributed by atoms with E-state index in [9.17, 15) is 9.59 Å². The molecule has 1 atom stereocenters. The summed E-state index contributed by atoms with van der Waals surface area (Å²) in [5.41, 5.74) is 0.981. The summed E-state index contributed by atoms with van der Waals surface area (Å²) in [6.45, 7) is 4.33. The monoisotopic (exact) mass is 291 g/mol. The second kappa shape index (κ2) is 6.21. The quantitative estimate of drug-likeness (QED) is 0.796. The third-order valence-corrected chi connectivity index (χ3v) is 2.83. The van der Waals surface area contributed by atoms with Gasteiger partial charge in [0.1, 0.15) is 6.54 Å². The summed E-state index contributed by atoms with van der Waals surface area (Å²) in [5.74, 6) is -1.30. The van der Waals surface area contributed by atoms with E-state index in [2.05, 4.69) is 15.5 Å². The number of hydrogen-bond donors (Lipinski definition) is 2. The lowest BCUT2D eigenvalue weighted by Gasteiger charge is -2.14. The van der Waals surface area contributed by atoms with Crippen molar-refractivity contribution in [3.63, 3.8) is 0 Å². The van der Waals surface area contributed by atoms with Gasteiger partial charge < -0.3 is 10.4 Å². The lowest BCUT2D eigenvalue weighted by Crippen LogP contribution is -2.37. The van der Waals surface area contributed by atoms with Crippen LogP contribution in [-0.4, -0.2) is 42.6 Å². The zero-order valence-corrected chi connectivity index (χ0v) is 11.9. The molecule has 0 bridgehead atoms. The van der Waals surface area contributed by atoms with Crippen LogP contribution in [0.1, 0.15) is 23.0 Å². The Balaban J connectivity index is 1.84. The van der Waals surface area contributed by atoms with Crippen LogP contribution < -0.4 is 5.32 Å². The number of carboxylic acid groups (broad SMARTS) is 1. The molecule has 0 spiro atoms. The van der Waals surface area contributed by atoms with Gasteiger partial charge in [-0.25, -0.2) is 4.79 Å². The normalized spacial score (nSPS) is 12.1. The van der Waals surface area contributed by atoms with Crippen molar-refractivity contribution in [3.8, 4) is 0 Å². The highest BCUT2D eigenvalue weighted by Gasteiger charge is 2.11. The summed E-state index contributed by atoms with van der Waals surface area (Å²) in [4.78, 5) is 22.6. The van der Waals surface area contributed by atoms with Crippen molar-refractivity contribution < 1.29 is 14.7 Å². The zero-order chi connectivity index (χ0) is 15.4. The Hall–Kier alpha value is -2.64. The zero-order valence-electron chi connectivity index (χ0n) is 11.9. The summed E-state index contributed by atoms with van der Waals surface area (Å²) >= 11 is 0. The fourth-order valence-corrected chi connectivity index (χ4v) is 1.92. The van der Waals surface area contributed by atoms with Crippen molar-refractivity contribution in [2.24, 2.45) is 0 Å². The number of carbonyl (C=O) groups is 2. The van der Waals surface area contributed by atoms with E-state index in [1.165, 1.54) is 17.1 Å². The molecule has 1 amide bonds. The number of nitrogens with one attached hydrogen (secondary N) is 1. The third-order valence-electron chi connectivity index (χ3n) is 2.83. The molecule has 0 radical (unpaired) electrons. The molecule has 2 N–H and O–H groups in total. The van der Waals surface area contributed by atoms with Crippen LogP contribution in [0.25, 0.3) is 0 Å². The van der Waals surface area contributed by atoms with Crippen molar-refractivity contribution in [1.82, 2.24) is 24.9 Å². The maximum Gasteiger partial charge on any atom is 0.338 e. The minimum Gasteiger partial charge on any atom is -0.478 e. The highest BCUT2D eigenvalue weighted by molar-refractivity contribution is 5.87. The van der Waals surface area contributed by atoms with Crippen LogP contribution in [0.2, 0.25) is 0 Å². The first-order valence-corrected chi connectivity index (χ1v) is 6.49. The van der Waals surface area contributed by atoms with Gasteiger partial charge >= 0.3 is 5.97 Å². The summed E-state index contributed by atoms with van der Waals surface area (Å²) in [6, 6.07) is 1.80. The fourth-order valence-electron chi connectivity index (χ4n) is 1.92. The topological polar surface area (TPSA) is 102 Å². The van der Waals surface area contributed by atoms with E-state index in [1.807, 2.05) is 26.1 Å². The Morgan fingerprint density at radius 1 is 1.43 bits per heavy atom. The van der Waals surface area contributed by atoms with Crippen LogP contribution in [-0.2, 0) is 17.9 Å². The van der Waals surface area contributed by atoms with Crippen molar-refractivity contribution in [3.05, 3.63) is 35.9 Å². The predicted molar refractivity (Wildman–Crippen MR) is 73.8 cm³/mol. The second-order valence-electron chi connectivity index (χ2n) is 4.88. The first-order chi connectivity index (χ1) is 9.94. The maximum atomic E-state index is 11.8. The van der Waals surface area contributed by atoms with Crippen LogP contribution in [0.3, 0.4) is 0 Å². The van der Waals surface area contributed by atoms with Crippen LogP contribution in [0, 0.1) is 6.92 Å². The Labute approximate surface area is 121 Å². The summed E-state index contributed by atoms with van der Waals surface area (Å²) in [6.07, 6.45) is 4.39. The van der Waals surface area contributed by atoms with E-state index in [0.29, 0.717) is 6.54 Å². The van der Waals surface area contributed by atoms with Crippen molar-refractivity contribution >= 4 is 11.9 Å². The highest BCUT2D eigenvalue weighted by atomic mass is 16.4. The van der Waals surface area contributed by atoms with Gasteiger partial charge in [-0.2, -0.15) is 10.2 Å². The average molecular weight is 291 g/mol. The molecule has 0 saturated carbocycles. The molecule has 112 valence electrons. The summed E-state index contributed by atoms with van der Waals surface area (Å²) in [7, 11) is 0. The molecule has 2 aromatic heterocycles. The molecule has 2 aromatic rings. The number of amides is 1.